The van der Waals surface area contributed by atoms with Crippen molar-refractivity contribution in [3.05, 3.63) is 34.5 Å². The number of halogens is 1. The summed E-state index contributed by atoms with van der Waals surface area (Å²) in [6.45, 7) is 7.24. The molecule has 1 saturated heterocycles. The predicted molar refractivity (Wildman–Crippen MR) is 109 cm³/mol. The van der Waals surface area contributed by atoms with Crippen molar-refractivity contribution in [3.63, 3.8) is 0 Å². The molecule has 0 radical (unpaired) electrons. The smallest absolute Gasteiger partial charge is 0.228 e. The maximum atomic E-state index is 13.3. The maximum absolute atomic E-state index is 13.3. The number of H-pyrrole nitrogens is 1. The monoisotopic (exact) mass is 385 g/mol. The summed E-state index contributed by atoms with van der Waals surface area (Å²) in [4.78, 5) is 21.6. The van der Waals surface area contributed by atoms with E-state index in [2.05, 4.69) is 40.8 Å². The number of amides is 1. The van der Waals surface area contributed by atoms with Gasteiger partial charge in [-0.2, -0.15) is 0 Å². The summed E-state index contributed by atoms with van der Waals surface area (Å²) in [6, 6.07) is 6.99. The Hall–Kier alpha value is -1.52. The van der Waals surface area contributed by atoms with Crippen molar-refractivity contribution >= 4 is 28.4 Å². The lowest BCUT2D eigenvalue weighted by Crippen LogP contribution is -2.56. The summed E-state index contributed by atoms with van der Waals surface area (Å²) in [7, 11) is 0. The first-order valence-electron chi connectivity index (χ1n) is 10.4. The number of benzene rings is 1. The second-order valence-corrected chi connectivity index (χ2v) is 9.45. The first kappa shape index (κ1) is 17.6. The van der Waals surface area contributed by atoms with E-state index >= 15 is 0 Å². The van der Waals surface area contributed by atoms with Crippen LogP contribution in [0.1, 0.15) is 50.4 Å². The fourth-order valence-electron chi connectivity index (χ4n) is 4.94. The number of nitrogens with zero attached hydrogens (tertiary/aromatic N) is 2. The van der Waals surface area contributed by atoms with E-state index in [0.717, 1.165) is 49.1 Å². The van der Waals surface area contributed by atoms with Crippen LogP contribution in [0.2, 0.25) is 5.02 Å². The molecule has 1 N–H and O–H groups in total. The SMILES string of the molecule is CC(C)CC1c2[nH]c3ccc(Cl)cc3c2CCN1C(=O)C1CN(C2CC2)C1. The lowest BCUT2D eigenvalue weighted by atomic mass is 9.89. The zero-order chi connectivity index (χ0) is 18.7. The second-order valence-electron chi connectivity index (χ2n) is 9.02. The van der Waals surface area contributed by atoms with Crippen LogP contribution in [-0.2, 0) is 11.2 Å². The number of likely N-dealkylation sites (tertiary alicyclic amines) is 1. The summed E-state index contributed by atoms with van der Waals surface area (Å²) in [5, 5.41) is 2.00. The molecule has 5 heteroatoms. The van der Waals surface area contributed by atoms with Gasteiger partial charge >= 0.3 is 0 Å². The van der Waals surface area contributed by atoms with Gasteiger partial charge in [0.1, 0.15) is 0 Å². The maximum Gasteiger partial charge on any atom is 0.228 e. The average molecular weight is 386 g/mol. The van der Waals surface area contributed by atoms with Crippen LogP contribution in [0.3, 0.4) is 0 Å². The minimum absolute atomic E-state index is 0.155. The molecule has 5 rings (SSSR count). The molecule has 3 aliphatic rings. The molecule has 2 fully saturated rings. The number of nitrogens with one attached hydrogen (secondary N) is 1. The Morgan fingerprint density at radius 3 is 2.78 bits per heavy atom. The van der Waals surface area contributed by atoms with Crippen LogP contribution < -0.4 is 0 Å². The van der Waals surface area contributed by atoms with Gasteiger partial charge in [-0.3, -0.25) is 9.69 Å². The second kappa shape index (κ2) is 6.52. The Morgan fingerprint density at radius 1 is 1.30 bits per heavy atom. The van der Waals surface area contributed by atoms with Gasteiger partial charge in [0.25, 0.3) is 0 Å². The zero-order valence-corrected chi connectivity index (χ0v) is 16.9. The molecule has 1 atom stereocenters. The molecule has 2 aliphatic heterocycles. The van der Waals surface area contributed by atoms with Gasteiger partial charge in [-0.05, 0) is 55.4 Å². The molecule has 1 aromatic carbocycles. The van der Waals surface area contributed by atoms with Crippen molar-refractivity contribution in [2.24, 2.45) is 11.8 Å². The standard InChI is InChI=1S/C22H28ClN3O/c1-13(2)9-20-21-17(18-10-15(23)3-6-19(18)24-21)7-8-26(20)22(27)14-11-25(12-14)16-4-5-16/h3,6,10,13-14,16,20,24H,4-5,7-9,11-12H2,1-2H3. The molecular weight excluding hydrogens is 358 g/mol. The van der Waals surface area contributed by atoms with Gasteiger partial charge in [-0.25, -0.2) is 0 Å². The number of carbonyl (C=O) groups excluding carboxylic acids is 1. The fraction of sp³-hybridized carbons (Fsp3) is 0.591. The number of fused-ring (bicyclic) bond motifs is 3. The molecule has 1 aromatic heterocycles. The third kappa shape index (κ3) is 3.07. The predicted octanol–water partition coefficient (Wildman–Crippen LogP) is 4.39. The van der Waals surface area contributed by atoms with Crippen LogP contribution in [0, 0.1) is 11.8 Å². The summed E-state index contributed by atoms with van der Waals surface area (Å²) in [5.41, 5.74) is 3.73. The van der Waals surface area contributed by atoms with E-state index in [1.54, 1.807) is 0 Å². The molecule has 3 heterocycles. The Labute approximate surface area is 165 Å². The quantitative estimate of drug-likeness (QED) is 0.847. The fourth-order valence-corrected chi connectivity index (χ4v) is 5.11. The molecule has 0 spiro atoms. The van der Waals surface area contributed by atoms with Crippen LogP contribution in [0.4, 0.5) is 0 Å². The van der Waals surface area contributed by atoms with E-state index in [4.69, 9.17) is 11.6 Å². The number of carbonyl (C=O) groups is 1. The van der Waals surface area contributed by atoms with Gasteiger partial charge in [0.2, 0.25) is 5.91 Å². The van der Waals surface area contributed by atoms with Crippen molar-refractivity contribution in [2.75, 3.05) is 19.6 Å². The number of rotatable bonds is 4. The normalized spacial score (nSPS) is 23.7. The number of hydrogen-bond acceptors (Lipinski definition) is 2. The highest BCUT2D eigenvalue weighted by Gasteiger charge is 2.44. The van der Waals surface area contributed by atoms with Crippen LogP contribution in [-0.4, -0.2) is 46.4 Å². The highest BCUT2D eigenvalue weighted by molar-refractivity contribution is 6.31. The third-order valence-electron chi connectivity index (χ3n) is 6.51. The van der Waals surface area contributed by atoms with Gasteiger partial charge < -0.3 is 9.88 Å². The third-order valence-corrected chi connectivity index (χ3v) is 6.75. The number of hydrogen-bond donors (Lipinski definition) is 1. The highest BCUT2D eigenvalue weighted by atomic mass is 35.5. The Balaban J connectivity index is 1.44. The number of aromatic amines is 1. The largest absolute Gasteiger partial charge is 0.356 e. The van der Waals surface area contributed by atoms with E-state index in [1.165, 1.54) is 29.5 Å². The Bertz CT molecular complexity index is 879. The molecular formula is C22H28ClN3O. The Kier molecular flexibility index (Phi) is 4.25. The average Bonchev–Trinajstić information content (AvgIpc) is 3.34. The summed E-state index contributed by atoms with van der Waals surface area (Å²) in [6.07, 6.45) is 4.55. The van der Waals surface area contributed by atoms with E-state index in [1.807, 2.05) is 6.07 Å². The van der Waals surface area contributed by atoms with Gasteiger partial charge in [0, 0.05) is 47.3 Å². The summed E-state index contributed by atoms with van der Waals surface area (Å²) < 4.78 is 0. The van der Waals surface area contributed by atoms with Crippen LogP contribution in [0.15, 0.2) is 18.2 Å². The van der Waals surface area contributed by atoms with E-state index in [0.29, 0.717) is 11.8 Å². The molecule has 1 amide bonds. The lowest BCUT2D eigenvalue weighted by Gasteiger charge is -2.44. The van der Waals surface area contributed by atoms with Crippen molar-refractivity contribution in [2.45, 2.75) is 51.6 Å². The molecule has 0 bridgehead atoms. The minimum atomic E-state index is 0.155. The van der Waals surface area contributed by atoms with Crippen molar-refractivity contribution in [1.29, 1.82) is 0 Å². The van der Waals surface area contributed by atoms with E-state index in [9.17, 15) is 4.79 Å². The molecule has 1 aliphatic carbocycles. The highest BCUT2D eigenvalue weighted by Crippen LogP contribution is 2.40. The van der Waals surface area contributed by atoms with E-state index in [-0.39, 0.29) is 12.0 Å². The van der Waals surface area contributed by atoms with Crippen molar-refractivity contribution in [3.8, 4) is 0 Å². The molecule has 2 aromatic rings. The molecule has 1 unspecified atom stereocenters. The van der Waals surface area contributed by atoms with Crippen LogP contribution in [0.25, 0.3) is 10.9 Å². The van der Waals surface area contributed by atoms with Crippen molar-refractivity contribution in [1.82, 2.24) is 14.8 Å². The van der Waals surface area contributed by atoms with E-state index < -0.39 is 0 Å². The topological polar surface area (TPSA) is 39.3 Å². The van der Waals surface area contributed by atoms with Gasteiger partial charge in [0.05, 0.1) is 12.0 Å². The minimum Gasteiger partial charge on any atom is -0.356 e. The first-order chi connectivity index (χ1) is 13.0. The van der Waals surface area contributed by atoms with Gasteiger partial charge in [-0.15, -0.1) is 0 Å². The molecule has 144 valence electrons. The van der Waals surface area contributed by atoms with Gasteiger partial charge in [0.15, 0.2) is 0 Å². The summed E-state index contributed by atoms with van der Waals surface area (Å²) >= 11 is 6.25. The van der Waals surface area contributed by atoms with Crippen LogP contribution >= 0.6 is 11.6 Å². The van der Waals surface area contributed by atoms with Crippen molar-refractivity contribution < 1.29 is 4.79 Å². The first-order valence-corrected chi connectivity index (χ1v) is 10.7. The number of aromatic nitrogens is 1. The van der Waals surface area contributed by atoms with Gasteiger partial charge in [-0.1, -0.05) is 25.4 Å². The molecule has 27 heavy (non-hydrogen) atoms. The summed E-state index contributed by atoms with van der Waals surface area (Å²) in [5.74, 6) is 1.09. The van der Waals surface area contributed by atoms with Crippen LogP contribution in [0.5, 0.6) is 0 Å². The molecule has 4 nitrogen and oxygen atoms in total. The molecule has 1 saturated carbocycles. The zero-order valence-electron chi connectivity index (χ0n) is 16.2. The Morgan fingerprint density at radius 2 is 2.07 bits per heavy atom. The lowest BCUT2D eigenvalue weighted by molar-refractivity contribution is -0.144.